The van der Waals surface area contributed by atoms with Gasteiger partial charge in [-0.3, -0.25) is 14.4 Å². The molecule has 1 unspecified atom stereocenters. The van der Waals surface area contributed by atoms with E-state index in [1.807, 2.05) is 42.5 Å². The normalized spacial score (nSPS) is 16.7. The van der Waals surface area contributed by atoms with Gasteiger partial charge in [-0.25, -0.2) is 4.39 Å². The van der Waals surface area contributed by atoms with E-state index in [4.69, 9.17) is 0 Å². The Bertz CT molecular complexity index is 765. The van der Waals surface area contributed by atoms with Crippen LogP contribution >= 0.6 is 0 Å². The molecule has 1 aliphatic rings. The van der Waals surface area contributed by atoms with Crippen LogP contribution in [0.15, 0.2) is 30.3 Å². The van der Waals surface area contributed by atoms with E-state index in [0.717, 1.165) is 49.7 Å². The van der Waals surface area contributed by atoms with Crippen molar-refractivity contribution >= 4 is 5.91 Å². The second-order valence-electron chi connectivity index (χ2n) is 7.24. The summed E-state index contributed by atoms with van der Waals surface area (Å²) >= 11 is 0. The number of carbonyl (C=O) groups excluding carboxylic acids is 1. The first-order chi connectivity index (χ1) is 12.4. The molecule has 1 aromatic heterocycles. The molecule has 140 valence electrons. The Morgan fingerprint density at radius 3 is 2.54 bits per heavy atom. The van der Waals surface area contributed by atoms with Crippen LogP contribution in [0.25, 0.3) is 0 Å². The molecule has 26 heavy (non-hydrogen) atoms. The quantitative estimate of drug-likeness (QED) is 0.825. The standard InChI is InChI=1S/C20H27FN4O/c1-15(13-25-17(3)11-16(2)22-25)20(26)24-9-7-23(8-10-24)14-18-5-4-6-19(21)12-18/h4-6,11-12,15H,7-10,13-14H2,1-3H3. The molecule has 5 nitrogen and oxygen atoms in total. The predicted molar refractivity (Wildman–Crippen MR) is 99.1 cm³/mol. The molecule has 1 fully saturated rings. The Balaban J connectivity index is 1.50. The molecule has 0 radical (unpaired) electrons. The molecule has 0 N–H and O–H groups in total. The number of rotatable bonds is 5. The summed E-state index contributed by atoms with van der Waals surface area (Å²) in [5, 5.41) is 4.45. The fraction of sp³-hybridized carbons (Fsp3) is 0.500. The maximum absolute atomic E-state index is 13.3. The van der Waals surface area contributed by atoms with Gasteiger partial charge in [-0.1, -0.05) is 19.1 Å². The summed E-state index contributed by atoms with van der Waals surface area (Å²) in [5.74, 6) is -0.111. The second kappa shape index (κ2) is 7.99. The molecule has 1 amide bonds. The minimum absolute atomic E-state index is 0.0947. The van der Waals surface area contributed by atoms with Gasteiger partial charge in [0, 0.05) is 38.4 Å². The fourth-order valence-electron chi connectivity index (χ4n) is 3.53. The third-order valence-corrected chi connectivity index (χ3v) is 4.95. The lowest BCUT2D eigenvalue weighted by Gasteiger charge is -2.36. The maximum Gasteiger partial charge on any atom is 0.227 e. The summed E-state index contributed by atoms with van der Waals surface area (Å²) in [7, 11) is 0. The average molecular weight is 358 g/mol. The van der Waals surface area contributed by atoms with Crippen LogP contribution in [-0.4, -0.2) is 51.7 Å². The van der Waals surface area contributed by atoms with Gasteiger partial charge in [0.05, 0.1) is 18.2 Å². The van der Waals surface area contributed by atoms with Gasteiger partial charge in [0.15, 0.2) is 0 Å². The van der Waals surface area contributed by atoms with E-state index in [1.165, 1.54) is 6.07 Å². The van der Waals surface area contributed by atoms with Gasteiger partial charge in [-0.15, -0.1) is 0 Å². The number of amides is 1. The van der Waals surface area contributed by atoms with Crippen molar-refractivity contribution in [3.63, 3.8) is 0 Å². The van der Waals surface area contributed by atoms with Crippen molar-refractivity contribution in [3.05, 3.63) is 53.1 Å². The van der Waals surface area contributed by atoms with E-state index in [1.54, 1.807) is 12.1 Å². The molecule has 1 aliphatic heterocycles. The molecule has 1 aromatic carbocycles. The van der Waals surface area contributed by atoms with Crippen molar-refractivity contribution < 1.29 is 9.18 Å². The van der Waals surface area contributed by atoms with Crippen LogP contribution in [0, 0.1) is 25.6 Å². The molecule has 1 atom stereocenters. The van der Waals surface area contributed by atoms with E-state index < -0.39 is 0 Å². The SMILES string of the molecule is Cc1cc(C)n(CC(C)C(=O)N2CCN(Cc3cccc(F)c3)CC2)n1. The fourth-order valence-corrected chi connectivity index (χ4v) is 3.53. The number of hydrogen-bond donors (Lipinski definition) is 0. The molecule has 2 aromatic rings. The highest BCUT2D eigenvalue weighted by Crippen LogP contribution is 2.14. The van der Waals surface area contributed by atoms with Crippen molar-refractivity contribution in [1.82, 2.24) is 19.6 Å². The van der Waals surface area contributed by atoms with E-state index in [9.17, 15) is 9.18 Å². The van der Waals surface area contributed by atoms with Crippen LogP contribution in [-0.2, 0) is 17.9 Å². The van der Waals surface area contributed by atoms with E-state index in [-0.39, 0.29) is 17.6 Å². The zero-order valence-electron chi connectivity index (χ0n) is 15.8. The average Bonchev–Trinajstić information content (AvgIpc) is 2.92. The molecular formula is C20H27FN4O. The molecule has 0 saturated carbocycles. The topological polar surface area (TPSA) is 41.4 Å². The Kier molecular flexibility index (Phi) is 5.71. The Morgan fingerprint density at radius 2 is 1.92 bits per heavy atom. The van der Waals surface area contributed by atoms with Crippen LogP contribution in [0.1, 0.15) is 23.9 Å². The summed E-state index contributed by atoms with van der Waals surface area (Å²) < 4.78 is 15.2. The van der Waals surface area contributed by atoms with E-state index >= 15 is 0 Å². The van der Waals surface area contributed by atoms with Gasteiger partial charge in [0.2, 0.25) is 5.91 Å². The number of nitrogens with zero attached hydrogens (tertiary/aromatic N) is 4. The first-order valence-corrected chi connectivity index (χ1v) is 9.19. The molecule has 6 heteroatoms. The van der Waals surface area contributed by atoms with Crippen molar-refractivity contribution in [3.8, 4) is 0 Å². The molecule has 2 heterocycles. The molecule has 3 rings (SSSR count). The number of halogens is 1. The predicted octanol–water partition coefficient (Wildman–Crippen LogP) is 2.62. The lowest BCUT2D eigenvalue weighted by molar-refractivity contribution is -0.137. The second-order valence-corrected chi connectivity index (χ2v) is 7.24. The van der Waals surface area contributed by atoms with Crippen LogP contribution in [0.3, 0.4) is 0 Å². The smallest absolute Gasteiger partial charge is 0.227 e. The monoisotopic (exact) mass is 358 g/mol. The van der Waals surface area contributed by atoms with Crippen molar-refractivity contribution in [2.45, 2.75) is 33.9 Å². The molecule has 1 saturated heterocycles. The Hall–Kier alpha value is -2.21. The molecule has 0 spiro atoms. The summed E-state index contributed by atoms with van der Waals surface area (Å²) in [5.41, 5.74) is 3.04. The van der Waals surface area contributed by atoms with Crippen LogP contribution < -0.4 is 0 Å². The maximum atomic E-state index is 13.3. The molecule has 0 aliphatic carbocycles. The Labute approximate surface area is 154 Å². The van der Waals surface area contributed by atoms with Gasteiger partial charge < -0.3 is 4.90 Å². The van der Waals surface area contributed by atoms with Gasteiger partial charge >= 0.3 is 0 Å². The summed E-state index contributed by atoms with van der Waals surface area (Å²) in [6.07, 6.45) is 0. The van der Waals surface area contributed by atoms with Gasteiger partial charge in [-0.05, 0) is 37.6 Å². The summed E-state index contributed by atoms with van der Waals surface area (Å²) in [6, 6.07) is 8.75. The zero-order valence-corrected chi connectivity index (χ0v) is 15.8. The largest absolute Gasteiger partial charge is 0.340 e. The number of aryl methyl sites for hydroxylation is 2. The highest BCUT2D eigenvalue weighted by Gasteiger charge is 2.25. The molecular weight excluding hydrogens is 331 g/mol. The third kappa shape index (κ3) is 4.49. The summed E-state index contributed by atoms with van der Waals surface area (Å²) in [4.78, 5) is 17.0. The summed E-state index contributed by atoms with van der Waals surface area (Å²) in [6.45, 7) is 10.4. The number of benzene rings is 1. The van der Waals surface area contributed by atoms with Gasteiger partial charge in [0.1, 0.15) is 5.82 Å². The van der Waals surface area contributed by atoms with Crippen LogP contribution in [0.5, 0.6) is 0 Å². The first kappa shape index (κ1) is 18.6. The third-order valence-electron chi connectivity index (χ3n) is 4.95. The van der Waals surface area contributed by atoms with Crippen LogP contribution in [0.2, 0.25) is 0 Å². The van der Waals surface area contributed by atoms with Crippen molar-refractivity contribution in [2.24, 2.45) is 5.92 Å². The lowest BCUT2D eigenvalue weighted by atomic mass is 10.1. The van der Waals surface area contributed by atoms with E-state index in [2.05, 4.69) is 10.00 Å². The highest BCUT2D eigenvalue weighted by molar-refractivity contribution is 5.78. The van der Waals surface area contributed by atoms with Crippen molar-refractivity contribution in [1.29, 1.82) is 0 Å². The lowest BCUT2D eigenvalue weighted by Crippen LogP contribution is -2.50. The zero-order chi connectivity index (χ0) is 18.7. The van der Waals surface area contributed by atoms with E-state index in [0.29, 0.717) is 6.54 Å². The number of hydrogen-bond acceptors (Lipinski definition) is 3. The minimum atomic E-state index is -0.200. The van der Waals surface area contributed by atoms with Gasteiger partial charge in [-0.2, -0.15) is 5.10 Å². The minimum Gasteiger partial charge on any atom is -0.340 e. The van der Waals surface area contributed by atoms with Crippen LogP contribution in [0.4, 0.5) is 4.39 Å². The number of aromatic nitrogens is 2. The molecule has 0 bridgehead atoms. The first-order valence-electron chi connectivity index (χ1n) is 9.19. The van der Waals surface area contributed by atoms with Crippen molar-refractivity contribution in [2.75, 3.05) is 26.2 Å². The van der Waals surface area contributed by atoms with Gasteiger partial charge in [0.25, 0.3) is 0 Å². The highest BCUT2D eigenvalue weighted by atomic mass is 19.1. The Morgan fingerprint density at radius 1 is 1.19 bits per heavy atom. The number of piperazine rings is 1. The number of carbonyl (C=O) groups is 1.